The largest absolute Gasteiger partial charge is 0.486 e. The first-order valence-electron chi connectivity index (χ1n) is 10.7. The number of nitrogens with two attached hydrogens (primary N) is 2. The monoisotopic (exact) mass is 442 g/mol. The molecule has 1 aliphatic rings. The van der Waals surface area contributed by atoms with E-state index in [2.05, 4.69) is 19.9 Å². The number of nitrogens with zero attached hydrogens (tertiary/aromatic N) is 4. The Kier molecular flexibility index (Phi) is 5.56. The van der Waals surface area contributed by atoms with Gasteiger partial charge in [0.2, 0.25) is 5.95 Å². The number of rotatable bonds is 6. The molecule has 0 unspecified atom stereocenters. The van der Waals surface area contributed by atoms with E-state index in [9.17, 15) is 4.39 Å². The summed E-state index contributed by atoms with van der Waals surface area (Å²) in [5.41, 5.74) is 15.8. The van der Waals surface area contributed by atoms with Crippen molar-refractivity contribution in [3.05, 3.63) is 89.9 Å². The third-order valence-electron chi connectivity index (χ3n) is 6.03. The van der Waals surface area contributed by atoms with Crippen LogP contribution in [0.15, 0.2) is 67.3 Å². The van der Waals surface area contributed by atoms with Crippen molar-refractivity contribution in [1.29, 1.82) is 0 Å². The van der Waals surface area contributed by atoms with E-state index >= 15 is 0 Å². The van der Waals surface area contributed by atoms with Gasteiger partial charge in [-0.2, -0.15) is 0 Å². The molecule has 0 atom stereocenters. The number of benzene rings is 2. The number of aromatic nitrogens is 4. The summed E-state index contributed by atoms with van der Waals surface area (Å²) in [6, 6.07) is 13.0. The molecule has 0 spiro atoms. The van der Waals surface area contributed by atoms with Crippen LogP contribution in [0.1, 0.15) is 41.5 Å². The van der Waals surface area contributed by atoms with Crippen LogP contribution in [0.25, 0.3) is 11.1 Å². The van der Waals surface area contributed by atoms with Crippen LogP contribution in [0.2, 0.25) is 0 Å². The second kappa shape index (κ2) is 8.82. The van der Waals surface area contributed by atoms with Crippen molar-refractivity contribution in [3.8, 4) is 16.9 Å². The van der Waals surface area contributed by atoms with E-state index in [4.69, 9.17) is 16.2 Å². The van der Waals surface area contributed by atoms with Gasteiger partial charge in [0, 0.05) is 23.9 Å². The SMILES string of the molecule is Nc1cnc(C2CC(c3ccc(OCc4ccc(-c5cnc(N)nc5)cc4)c(F)c3)C2)cn1. The normalized spacial score (nSPS) is 17.4. The Morgan fingerprint density at radius 3 is 2.24 bits per heavy atom. The Bertz CT molecular complexity index is 1240. The molecule has 2 aromatic carbocycles. The van der Waals surface area contributed by atoms with E-state index in [1.165, 1.54) is 0 Å². The van der Waals surface area contributed by atoms with Gasteiger partial charge in [0.1, 0.15) is 12.4 Å². The average Bonchev–Trinajstić information content (AvgIpc) is 2.80. The zero-order chi connectivity index (χ0) is 22.8. The zero-order valence-electron chi connectivity index (χ0n) is 17.9. The summed E-state index contributed by atoms with van der Waals surface area (Å²) in [5, 5.41) is 0. The van der Waals surface area contributed by atoms with Gasteiger partial charge in [0.05, 0.1) is 18.1 Å². The number of halogens is 1. The molecule has 1 aliphatic carbocycles. The third kappa shape index (κ3) is 4.59. The van der Waals surface area contributed by atoms with Gasteiger partial charge in [-0.25, -0.2) is 19.3 Å². The van der Waals surface area contributed by atoms with Crippen LogP contribution >= 0.6 is 0 Å². The first kappa shape index (κ1) is 20.8. The van der Waals surface area contributed by atoms with Gasteiger partial charge in [0.25, 0.3) is 0 Å². The molecule has 1 fully saturated rings. The third-order valence-corrected chi connectivity index (χ3v) is 6.03. The smallest absolute Gasteiger partial charge is 0.219 e. The van der Waals surface area contributed by atoms with Gasteiger partial charge in [-0.3, -0.25) is 4.98 Å². The molecule has 2 aromatic heterocycles. The van der Waals surface area contributed by atoms with Gasteiger partial charge >= 0.3 is 0 Å². The Morgan fingerprint density at radius 2 is 1.58 bits per heavy atom. The van der Waals surface area contributed by atoms with Crippen LogP contribution < -0.4 is 16.2 Å². The summed E-state index contributed by atoms with van der Waals surface area (Å²) >= 11 is 0. The van der Waals surface area contributed by atoms with Crippen molar-refractivity contribution in [2.45, 2.75) is 31.3 Å². The molecule has 0 amide bonds. The number of anilines is 2. The molecule has 0 radical (unpaired) electrons. The molecule has 0 aliphatic heterocycles. The first-order chi connectivity index (χ1) is 16.0. The lowest BCUT2D eigenvalue weighted by Crippen LogP contribution is -2.21. The lowest BCUT2D eigenvalue weighted by atomic mass is 9.70. The highest BCUT2D eigenvalue weighted by Gasteiger charge is 2.33. The maximum Gasteiger partial charge on any atom is 0.219 e. The van der Waals surface area contributed by atoms with Gasteiger partial charge < -0.3 is 16.2 Å². The molecule has 0 saturated heterocycles. The summed E-state index contributed by atoms with van der Waals surface area (Å²) < 4.78 is 20.4. The van der Waals surface area contributed by atoms with Crippen LogP contribution in [0.5, 0.6) is 5.75 Å². The zero-order valence-corrected chi connectivity index (χ0v) is 17.9. The molecule has 8 heteroatoms. The molecular weight excluding hydrogens is 419 g/mol. The standard InChI is InChI=1S/C25H23FN6O/c26-21-9-17(18-7-19(8-18)22-12-30-24(27)13-29-22)5-6-23(21)33-14-15-1-3-16(4-2-15)20-10-31-25(28)32-11-20/h1-6,9-13,18-19H,7-8,14H2,(H2,27,30)(H2,28,31,32). The van der Waals surface area contributed by atoms with Gasteiger partial charge in [-0.15, -0.1) is 0 Å². The van der Waals surface area contributed by atoms with Crippen LogP contribution in [0, 0.1) is 5.82 Å². The quantitative estimate of drug-likeness (QED) is 0.453. The minimum absolute atomic E-state index is 0.241. The summed E-state index contributed by atoms with van der Waals surface area (Å²) in [5.74, 6) is 1.20. The number of nitrogen functional groups attached to an aromatic ring is 2. The highest BCUT2D eigenvalue weighted by atomic mass is 19.1. The van der Waals surface area contributed by atoms with E-state index < -0.39 is 0 Å². The molecule has 33 heavy (non-hydrogen) atoms. The molecule has 5 rings (SSSR count). The lowest BCUT2D eigenvalue weighted by molar-refractivity contribution is 0.289. The van der Waals surface area contributed by atoms with E-state index in [1.807, 2.05) is 30.3 Å². The first-order valence-corrected chi connectivity index (χ1v) is 10.7. The van der Waals surface area contributed by atoms with E-state index in [0.29, 0.717) is 17.7 Å². The molecule has 2 heterocycles. The van der Waals surface area contributed by atoms with Crippen LogP contribution in [-0.2, 0) is 6.61 Å². The molecule has 7 nitrogen and oxygen atoms in total. The highest BCUT2D eigenvalue weighted by molar-refractivity contribution is 5.62. The van der Waals surface area contributed by atoms with Crippen molar-refractivity contribution >= 4 is 11.8 Å². The van der Waals surface area contributed by atoms with Crippen LogP contribution in [-0.4, -0.2) is 19.9 Å². The number of hydrogen-bond acceptors (Lipinski definition) is 7. The fourth-order valence-corrected chi connectivity index (χ4v) is 4.02. The Balaban J connectivity index is 1.17. The van der Waals surface area contributed by atoms with Crippen molar-refractivity contribution < 1.29 is 9.13 Å². The second-order valence-corrected chi connectivity index (χ2v) is 8.24. The minimum atomic E-state index is -0.348. The van der Waals surface area contributed by atoms with E-state index in [0.717, 1.165) is 40.8 Å². The van der Waals surface area contributed by atoms with Crippen LogP contribution in [0.3, 0.4) is 0 Å². The summed E-state index contributed by atoms with van der Waals surface area (Å²) in [6.45, 7) is 0.274. The van der Waals surface area contributed by atoms with Crippen molar-refractivity contribution in [1.82, 2.24) is 19.9 Å². The average molecular weight is 442 g/mol. The lowest BCUT2D eigenvalue weighted by Gasteiger charge is -2.35. The Labute approximate surface area is 190 Å². The minimum Gasteiger partial charge on any atom is -0.486 e. The van der Waals surface area contributed by atoms with E-state index in [1.54, 1.807) is 36.9 Å². The highest BCUT2D eigenvalue weighted by Crippen LogP contribution is 2.47. The molecular formula is C25H23FN6O. The summed E-state index contributed by atoms with van der Waals surface area (Å²) in [6.07, 6.45) is 8.50. The Hall–Kier alpha value is -4.07. The maximum atomic E-state index is 14.7. The van der Waals surface area contributed by atoms with E-state index in [-0.39, 0.29) is 24.1 Å². The number of ether oxygens (including phenoxy) is 1. The van der Waals surface area contributed by atoms with Crippen molar-refractivity contribution in [2.24, 2.45) is 0 Å². The molecule has 4 aromatic rings. The molecule has 4 N–H and O–H groups in total. The van der Waals surface area contributed by atoms with Crippen LogP contribution in [0.4, 0.5) is 16.2 Å². The predicted molar refractivity (Wildman–Crippen MR) is 124 cm³/mol. The fraction of sp³-hybridized carbons (Fsp3) is 0.200. The molecule has 166 valence electrons. The fourth-order valence-electron chi connectivity index (χ4n) is 4.02. The summed E-state index contributed by atoms with van der Waals surface area (Å²) in [7, 11) is 0. The molecule has 1 saturated carbocycles. The second-order valence-electron chi connectivity index (χ2n) is 8.24. The predicted octanol–water partition coefficient (Wildman–Crippen LogP) is 4.48. The molecule has 0 bridgehead atoms. The number of hydrogen-bond donors (Lipinski definition) is 2. The van der Waals surface area contributed by atoms with Crippen molar-refractivity contribution in [3.63, 3.8) is 0 Å². The topological polar surface area (TPSA) is 113 Å². The van der Waals surface area contributed by atoms with Gasteiger partial charge in [0.15, 0.2) is 11.6 Å². The summed E-state index contributed by atoms with van der Waals surface area (Å²) in [4.78, 5) is 16.5. The van der Waals surface area contributed by atoms with Gasteiger partial charge in [-0.1, -0.05) is 30.3 Å². The Morgan fingerprint density at radius 1 is 0.818 bits per heavy atom. The van der Waals surface area contributed by atoms with Gasteiger partial charge in [-0.05, 0) is 47.6 Å². The maximum absolute atomic E-state index is 14.7. The van der Waals surface area contributed by atoms with Crippen molar-refractivity contribution in [2.75, 3.05) is 11.5 Å².